The summed E-state index contributed by atoms with van der Waals surface area (Å²) < 4.78 is 1.74. The Hall–Kier alpha value is -1.45. The van der Waals surface area contributed by atoms with Crippen LogP contribution in [0.25, 0.3) is 0 Å². The van der Waals surface area contributed by atoms with Crippen LogP contribution in [0.15, 0.2) is 10.9 Å². The topological polar surface area (TPSA) is 51.3 Å². The molecule has 0 aromatic carbocycles. The summed E-state index contributed by atoms with van der Waals surface area (Å²) in [7, 11) is 1.97. The normalized spacial score (nSPS) is 14.6. The van der Waals surface area contributed by atoms with E-state index in [2.05, 4.69) is 0 Å². The molecule has 0 amide bonds. The minimum Gasteiger partial charge on any atom is -0.396 e. The highest BCUT2D eigenvalue weighted by atomic mass is 16.1. The molecule has 76 valence electrons. The summed E-state index contributed by atoms with van der Waals surface area (Å²) >= 11 is 0. The maximum atomic E-state index is 11.7. The van der Waals surface area contributed by atoms with Crippen molar-refractivity contribution in [3.05, 3.63) is 22.0 Å². The summed E-state index contributed by atoms with van der Waals surface area (Å²) in [5, 5.41) is 0. The molecule has 2 N–H and O–H groups in total. The zero-order valence-electron chi connectivity index (χ0n) is 8.58. The molecule has 1 aliphatic rings. The molecule has 0 unspecified atom stereocenters. The summed E-state index contributed by atoms with van der Waals surface area (Å²) in [4.78, 5) is 13.7. The second-order valence-electron chi connectivity index (χ2n) is 3.67. The van der Waals surface area contributed by atoms with Gasteiger partial charge < -0.3 is 10.6 Å². The van der Waals surface area contributed by atoms with E-state index < -0.39 is 0 Å². The van der Waals surface area contributed by atoms with Gasteiger partial charge in [-0.15, -0.1) is 0 Å². The lowest BCUT2D eigenvalue weighted by molar-refractivity contribution is 0.762. The van der Waals surface area contributed by atoms with Crippen molar-refractivity contribution in [1.82, 2.24) is 4.57 Å². The van der Waals surface area contributed by atoms with Crippen molar-refractivity contribution in [3.63, 3.8) is 0 Å². The van der Waals surface area contributed by atoms with Gasteiger partial charge in [0, 0.05) is 26.2 Å². The third-order valence-electron chi connectivity index (χ3n) is 2.81. The predicted octanol–water partition coefficient (Wildman–Crippen LogP) is 0.443. The number of hydrogen-bond donors (Lipinski definition) is 1. The number of hydrogen-bond acceptors (Lipinski definition) is 3. The molecule has 4 nitrogen and oxygen atoms in total. The summed E-state index contributed by atoms with van der Waals surface area (Å²) in [5.74, 6) is 0.884. The first kappa shape index (κ1) is 9.12. The fraction of sp³-hybridized carbons (Fsp3) is 0.500. The van der Waals surface area contributed by atoms with E-state index in [9.17, 15) is 4.79 Å². The Balaban J connectivity index is 2.72. The fourth-order valence-corrected chi connectivity index (χ4v) is 1.97. The number of rotatable bonds is 1. The molecule has 1 aliphatic heterocycles. The molecule has 2 heterocycles. The van der Waals surface area contributed by atoms with Crippen molar-refractivity contribution in [2.24, 2.45) is 0 Å². The van der Waals surface area contributed by atoms with Gasteiger partial charge in [-0.2, -0.15) is 0 Å². The Kier molecular flexibility index (Phi) is 1.98. The number of pyridine rings is 1. The van der Waals surface area contributed by atoms with Crippen LogP contribution in [0.4, 0.5) is 11.5 Å². The smallest absolute Gasteiger partial charge is 0.252 e. The summed E-state index contributed by atoms with van der Waals surface area (Å²) in [6.07, 6.45) is 0.808. The van der Waals surface area contributed by atoms with Gasteiger partial charge in [0.15, 0.2) is 0 Å². The summed E-state index contributed by atoms with van der Waals surface area (Å²) in [6.45, 7) is 3.63. The van der Waals surface area contributed by atoms with E-state index in [-0.39, 0.29) is 5.56 Å². The van der Waals surface area contributed by atoms with E-state index in [0.29, 0.717) is 0 Å². The van der Waals surface area contributed by atoms with Gasteiger partial charge in [0.05, 0.1) is 5.69 Å². The van der Waals surface area contributed by atoms with Gasteiger partial charge >= 0.3 is 0 Å². The SMILES string of the molecule is CCc1cc(=O)n2c(c1N)N(C)CC2. The second-order valence-corrected chi connectivity index (χ2v) is 3.67. The Morgan fingerprint density at radius 1 is 1.50 bits per heavy atom. The first-order valence-electron chi connectivity index (χ1n) is 4.88. The molecule has 0 saturated heterocycles. The van der Waals surface area contributed by atoms with Crippen LogP contribution in [0, 0.1) is 0 Å². The average Bonchev–Trinajstić information content (AvgIpc) is 2.54. The molecule has 1 aromatic rings. The Bertz CT molecular complexity index is 422. The largest absolute Gasteiger partial charge is 0.396 e. The standard InChI is InChI=1S/C10H15N3O/c1-3-7-6-8(14)13-5-4-12(2)10(13)9(7)11/h6H,3-5,11H2,1-2H3. The third kappa shape index (κ3) is 1.10. The minimum atomic E-state index is 0.0652. The first-order valence-corrected chi connectivity index (χ1v) is 4.88. The number of nitrogens with two attached hydrogens (primary N) is 1. The zero-order chi connectivity index (χ0) is 10.3. The lowest BCUT2D eigenvalue weighted by Gasteiger charge is -2.15. The van der Waals surface area contributed by atoms with Crippen LogP contribution in [0.5, 0.6) is 0 Å². The van der Waals surface area contributed by atoms with Gasteiger partial charge in [0.25, 0.3) is 5.56 Å². The van der Waals surface area contributed by atoms with Gasteiger partial charge in [-0.3, -0.25) is 9.36 Å². The average molecular weight is 193 g/mol. The molecule has 0 aliphatic carbocycles. The molecular formula is C10H15N3O. The highest BCUT2D eigenvalue weighted by Gasteiger charge is 2.21. The Labute approximate surface area is 82.9 Å². The van der Waals surface area contributed by atoms with E-state index in [4.69, 9.17) is 5.73 Å². The van der Waals surface area contributed by atoms with E-state index in [1.54, 1.807) is 10.6 Å². The maximum Gasteiger partial charge on any atom is 0.252 e. The van der Waals surface area contributed by atoms with Crippen molar-refractivity contribution >= 4 is 11.5 Å². The fourth-order valence-electron chi connectivity index (χ4n) is 1.97. The molecule has 0 atom stereocenters. The van der Waals surface area contributed by atoms with Crippen molar-refractivity contribution in [1.29, 1.82) is 0 Å². The molecule has 4 heteroatoms. The number of aromatic nitrogens is 1. The van der Waals surface area contributed by atoms with Gasteiger partial charge in [-0.1, -0.05) is 6.92 Å². The van der Waals surface area contributed by atoms with Crippen LogP contribution in [0.2, 0.25) is 0 Å². The molecule has 0 bridgehead atoms. The predicted molar refractivity (Wildman–Crippen MR) is 57.8 cm³/mol. The molecule has 0 radical (unpaired) electrons. The number of nitrogen functional groups attached to an aromatic ring is 1. The molecule has 0 fully saturated rings. The van der Waals surface area contributed by atoms with E-state index in [1.165, 1.54) is 0 Å². The third-order valence-corrected chi connectivity index (χ3v) is 2.81. The van der Waals surface area contributed by atoms with Crippen LogP contribution in [-0.4, -0.2) is 18.2 Å². The van der Waals surface area contributed by atoms with Gasteiger partial charge in [0.1, 0.15) is 5.82 Å². The van der Waals surface area contributed by atoms with Crippen LogP contribution < -0.4 is 16.2 Å². The second kappa shape index (κ2) is 3.04. The first-order chi connectivity index (χ1) is 6.65. The number of nitrogens with zero attached hydrogens (tertiary/aromatic N) is 2. The van der Waals surface area contributed by atoms with E-state index >= 15 is 0 Å². The molecule has 14 heavy (non-hydrogen) atoms. The van der Waals surface area contributed by atoms with Crippen LogP contribution in [0.1, 0.15) is 12.5 Å². The molecule has 0 spiro atoms. The van der Waals surface area contributed by atoms with Crippen LogP contribution in [-0.2, 0) is 13.0 Å². The van der Waals surface area contributed by atoms with Crippen molar-refractivity contribution in [2.45, 2.75) is 19.9 Å². The van der Waals surface area contributed by atoms with E-state index in [1.807, 2.05) is 18.9 Å². The quantitative estimate of drug-likeness (QED) is 0.704. The minimum absolute atomic E-state index is 0.0652. The monoisotopic (exact) mass is 193 g/mol. The highest BCUT2D eigenvalue weighted by Crippen LogP contribution is 2.27. The van der Waals surface area contributed by atoms with Crippen LogP contribution in [0.3, 0.4) is 0 Å². The van der Waals surface area contributed by atoms with Crippen LogP contribution >= 0.6 is 0 Å². The lowest BCUT2D eigenvalue weighted by atomic mass is 10.1. The van der Waals surface area contributed by atoms with Crippen molar-refractivity contribution in [2.75, 3.05) is 24.2 Å². The van der Waals surface area contributed by atoms with Gasteiger partial charge in [-0.25, -0.2) is 0 Å². The van der Waals surface area contributed by atoms with Gasteiger partial charge in [-0.05, 0) is 12.0 Å². The number of fused-ring (bicyclic) bond motifs is 1. The lowest BCUT2D eigenvalue weighted by Crippen LogP contribution is -2.21. The van der Waals surface area contributed by atoms with Gasteiger partial charge in [0.2, 0.25) is 0 Å². The number of likely N-dealkylation sites (N-methyl/N-ethyl adjacent to an activating group) is 1. The molecule has 0 saturated carbocycles. The molecule has 1 aromatic heterocycles. The zero-order valence-corrected chi connectivity index (χ0v) is 8.58. The Morgan fingerprint density at radius 2 is 2.21 bits per heavy atom. The highest BCUT2D eigenvalue weighted by molar-refractivity contribution is 5.68. The van der Waals surface area contributed by atoms with E-state index in [0.717, 1.165) is 36.6 Å². The summed E-state index contributed by atoms with van der Waals surface area (Å²) in [5.41, 5.74) is 7.78. The number of aryl methyl sites for hydroxylation is 1. The van der Waals surface area contributed by atoms with Crippen molar-refractivity contribution in [3.8, 4) is 0 Å². The summed E-state index contributed by atoms with van der Waals surface area (Å²) in [6, 6.07) is 1.65. The molecule has 2 rings (SSSR count). The Morgan fingerprint density at radius 3 is 2.86 bits per heavy atom. The maximum absolute atomic E-state index is 11.7. The number of anilines is 2. The van der Waals surface area contributed by atoms with Crippen molar-refractivity contribution < 1.29 is 0 Å². The molecular weight excluding hydrogens is 178 g/mol.